The van der Waals surface area contributed by atoms with Crippen LogP contribution in [0, 0.1) is 5.41 Å². The molecule has 2 aromatic rings. The maximum Gasteiger partial charge on any atom is 0.294 e. The number of benzene rings is 1. The van der Waals surface area contributed by atoms with E-state index < -0.39 is 11.5 Å². The van der Waals surface area contributed by atoms with E-state index in [4.69, 9.17) is 22.7 Å². The summed E-state index contributed by atoms with van der Waals surface area (Å²) in [6, 6.07) is 6.47. The fourth-order valence-electron chi connectivity index (χ4n) is 3.84. The first kappa shape index (κ1) is 22.8. The molecule has 5 N–H and O–H groups in total. The highest BCUT2D eigenvalue weighted by Gasteiger charge is 2.44. The molecular weight excluding hydrogens is 416 g/mol. The van der Waals surface area contributed by atoms with E-state index in [1.807, 2.05) is 39.8 Å². The number of carbonyl (C=O) groups excluding carboxylic acids is 1. The molecule has 9 heteroatoms. The lowest BCUT2D eigenvalue weighted by molar-refractivity contribution is -0.124. The first-order chi connectivity index (χ1) is 14.5. The summed E-state index contributed by atoms with van der Waals surface area (Å²) in [4.78, 5) is 30.6. The van der Waals surface area contributed by atoms with Crippen molar-refractivity contribution in [3.05, 3.63) is 56.6 Å². The largest absolute Gasteiger partial charge is 0.384 e. The van der Waals surface area contributed by atoms with Gasteiger partial charge in [0.15, 0.2) is 11.0 Å². The number of halogens is 1. The highest BCUT2D eigenvalue weighted by molar-refractivity contribution is 6.30. The van der Waals surface area contributed by atoms with Crippen LogP contribution in [0.3, 0.4) is 0 Å². The monoisotopic (exact) mass is 444 g/mol. The van der Waals surface area contributed by atoms with Crippen LogP contribution in [0.25, 0.3) is 0 Å². The van der Waals surface area contributed by atoms with E-state index in [-0.39, 0.29) is 34.3 Å². The van der Waals surface area contributed by atoms with Crippen LogP contribution in [0.4, 0.5) is 5.82 Å². The van der Waals surface area contributed by atoms with Crippen LogP contribution < -0.4 is 21.9 Å². The van der Waals surface area contributed by atoms with Crippen LogP contribution >= 0.6 is 11.6 Å². The van der Waals surface area contributed by atoms with Gasteiger partial charge in [-0.05, 0) is 25.3 Å². The number of anilines is 1. The third-order valence-corrected chi connectivity index (χ3v) is 6.02. The third kappa shape index (κ3) is 4.58. The zero-order valence-electron chi connectivity index (χ0n) is 18.3. The maximum atomic E-state index is 13.2. The van der Waals surface area contributed by atoms with E-state index in [0.29, 0.717) is 24.2 Å². The Labute approximate surface area is 186 Å². The van der Waals surface area contributed by atoms with E-state index in [9.17, 15) is 9.59 Å². The average molecular weight is 445 g/mol. The number of hydrogen-bond donors (Lipinski definition) is 4. The number of fused-ring (bicyclic) bond motifs is 1. The summed E-state index contributed by atoms with van der Waals surface area (Å²) in [7, 11) is 0. The molecule has 0 aliphatic carbocycles. The Balaban J connectivity index is 1.87. The molecule has 1 aliphatic heterocycles. The van der Waals surface area contributed by atoms with Crippen molar-refractivity contribution in [1.29, 1.82) is 5.41 Å². The van der Waals surface area contributed by atoms with Crippen LogP contribution in [0.5, 0.6) is 0 Å². The molecule has 2 heterocycles. The summed E-state index contributed by atoms with van der Waals surface area (Å²) in [5.74, 6) is -0.0909. The molecule has 1 aromatic heterocycles. The minimum atomic E-state index is -0.674. The van der Waals surface area contributed by atoms with Gasteiger partial charge in [0.05, 0.1) is 5.69 Å². The molecule has 166 valence electrons. The number of aromatic nitrogens is 2. The molecular formula is C22H29ClN6O2. The van der Waals surface area contributed by atoms with Gasteiger partial charge in [-0.15, -0.1) is 0 Å². The second-order valence-corrected chi connectivity index (χ2v) is 9.02. The summed E-state index contributed by atoms with van der Waals surface area (Å²) in [6.07, 6.45) is 1.27. The average Bonchev–Trinajstić information content (AvgIpc) is 3.02. The van der Waals surface area contributed by atoms with Gasteiger partial charge in [0.25, 0.3) is 5.56 Å². The predicted octanol–water partition coefficient (Wildman–Crippen LogP) is 2.93. The summed E-state index contributed by atoms with van der Waals surface area (Å²) in [5.41, 5.74) is 6.75. The van der Waals surface area contributed by atoms with Gasteiger partial charge < -0.3 is 16.4 Å². The number of amides is 1. The van der Waals surface area contributed by atoms with Crippen LogP contribution in [0.15, 0.2) is 29.1 Å². The van der Waals surface area contributed by atoms with Crippen molar-refractivity contribution < 1.29 is 4.79 Å². The van der Waals surface area contributed by atoms with E-state index in [1.54, 1.807) is 12.1 Å². The minimum absolute atomic E-state index is 0.00736. The number of nitrogens with two attached hydrogens (primary N) is 1. The fraction of sp³-hybridized carbons (Fsp3) is 0.455. The Morgan fingerprint density at radius 1 is 1.39 bits per heavy atom. The molecule has 0 saturated carbocycles. The molecule has 0 saturated heterocycles. The lowest BCUT2D eigenvalue weighted by Crippen LogP contribution is -2.37. The van der Waals surface area contributed by atoms with E-state index in [1.165, 1.54) is 4.57 Å². The topological polar surface area (TPSA) is 126 Å². The van der Waals surface area contributed by atoms with Gasteiger partial charge in [-0.2, -0.15) is 0 Å². The smallest absolute Gasteiger partial charge is 0.294 e. The third-order valence-electron chi connectivity index (χ3n) is 5.75. The molecule has 1 unspecified atom stereocenters. The van der Waals surface area contributed by atoms with Crippen molar-refractivity contribution in [2.45, 2.75) is 64.6 Å². The van der Waals surface area contributed by atoms with Crippen LogP contribution in [-0.2, 0) is 16.8 Å². The first-order valence-electron chi connectivity index (χ1n) is 10.3. The minimum Gasteiger partial charge on any atom is -0.384 e. The Kier molecular flexibility index (Phi) is 6.40. The summed E-state index contributed by atoms with van der Waals surface area (Å²) < 4.78 is 1.49. The standard InChI is InChI=1S/C22H29ClN6O2/c1-5-12(2)27-19-21(31)29-15(10-22(3,4)16(29)17(23)28-19)20(30)26-11-13-6-8-14(9-7-13)18(24)25/h6-9,12,15H,5,10-11H2,1-4H3,(H3,24,25)(H,26,30)(H,27,28)/t12?,15-/m0/s1. The Morgan fingerprint density at radius 2 is 2.03 bits per heavy atom. The van der Waals surface area contributed by atoms with Gasteiger partial charge in [0.1, 0.15) is 11.9 Å². The van der Waals surface area contributed by atoms with Crippen LogP contribution in [0.1, 0.15) is 63.4 Å². The molecule has 2 atom stereocenters. The number of nitrogens with zero attached hydrogens (tertiary/aromatic N) is 2. The number of amidine groups is 1. The summed E-state index contributed by atoms with van der Waals surface area (Å²) in [6.45, 7) is 8.18. The fourth-order valence-corrected chi connectivity index (χ4v) is 4.27. The number of hydrogen-bond acceptors (Lipinski definition) is 5. The lowest BCUT2D eigenvalue weighted by atomic mass is 9.87. The molecule has 1 aromatic carbocycles. The molecule has 31 heavy (non-hydrogen) atoms. The van der Waals surface area contributed by atoms with Crippen molar-refractivity contribution in [1.82, 2.24) is 14.9 Å². The summed E-state index contributed by atoms with van der Waals surface area (Å²) >= 11 is 6.47. The zero-order valence-corrected chi connectivity index (χ0v) is 19.0. The number of rotatable bonds is 7. The van der Waals surface area contributed by atoms with Gasteiger partial charge >= 0.3 is 0 Å². The molecule has 0 radical (unpaired) electrons. The Morgan fingerprint density at radius 3 is 2.61 bits per heavy atom. The molecule has 0 spiro atoms. The van der Waals surface area contributed by atoms with Gasteiger partial charge in [-0.25, -0.2) is 4.98 Å². The predicted molar refractivity (Wildman–Crippen MR) is 123 cm³/mol. The second-order valence-electron chi connectivity index (χ2n) is 8.66. The molecule has 8 nitrogen and oxygen atoms in total. The number of carbonyl (C=O) groups is 1. The zero-order chi connectivity index (χ0) is 22.9. The summed E-state index contributed by atoms with van der Waals surface area (Å²) in [5, 5.41) is 13.7. The Hall–Kier alpha value is -2.87. The highest BCUT2D eigenvalue weighted by Crippen LogP contribution is 2.42. The second kappa shape index (κ2) is 8.70. The van der Waals surface area contributed by atoms with Crippen molar-refractivity contribution >= 4 is 29.2 Å². The normalized spacial score (nSPS) is 17.6. The Bertz CT molecular complexity index is 1060. The van der Waals surface area contributed by atoms with E-state index in [2.05, 4.69) is 15.6 Å². The maximum absolute atomic E-state index is 13.2. The molecule has 3 rings (SSSR count). The van der Waals surface area contributed by atoms with Crippen molar-refractivity contribution in [3.63, 3.8) is 0 Å². The van der Waals surface area contributed by atoms with Gasteiger partial charge in [-0.1, -0.05) is 56.6 Å². The molecule has 1 amide bonds. The number of nitrogens with one attached hydrogen (secondary N) is 3. The van der Waals surface area contributed by atoms with Crippen molar-refractivity contribution in [2.24, 2.45) is 5.73 Å². The van der Waals surface area contributed by atoms with E-state index >= 15 is 0 Å². The van der Waals surface area contributed by atoms with Gasteiger partial charge in [0.2, 0.25) is 5.91 Å². The van der Waals surface area contributed by atoms with Crippen LogP contribution in [-0.4, -0.2) is 27.3 Å². The number of nitrogen functional groups attached to an aromatic ring is 1. The molecule has 1 aliphatic rings. The lowest BCUT2D eigenvalue weighted by Gasteiger charge is -2.20. The highest BCUT2D eigenvalue weighted by atomic mass is 35.5. The first-order valence-corrected chi connectivity index (χ1v) is 10.7. The van der Waals surface area contributed by atoms with Crippen molar-refractivity contribution in [2.75, 3.05) is 5.32 Å². The van der Waals surface area contributed by atoms with Gasteiger partial charge in [-0.3, -0.25) is 19.6 Å². The van der Waals surface area contributed by atoms with E-state index in [0.717, 1.165) is 12.0 Å². The van der Waals surface area contributed by atoms with Crippen molar-refractivity contribution in [3.8, 4) is 0 Å². The molecule has 0 fully saturated rings. The van der Waals surface area contributed by atoms with Gasteiger partial charge in [0, 0.05) is 23.6 Å². The molecule has 0 bridgehead atoms. The SMILES string of the molecule is CCC(C)Nc1nc(Cl)c2n(c1=O)[C@H](C(=O)NCc1ccc(C(=N)N)cc1)CC2(C)C. The van der Waals surface area contributed by atoms with Crippen LogP contribution in [0.2, 0.25) is 5.15 Å². The quantitative estimate of drug-likeness (QED) is 0.386.